The van der Waals surface area contributed by atoms with Crippen molar-refractivity contribution >= 4 is 33.3 Å². The van der Waals surface area contributed by atoms with E-state index in [1.165, 1.54) is 10.9 Å². The fourth-order valence-corrected chi connectivity index (χ4v) is 2.83. The lowest BCUT2D eigenvalue weighted by atomic mass is 10.1. The number of phenolic OH excluding ortho intramolecular Hbond substituents is 1. The minimum absolute atomic E-state index is 0.211. The third-order valence-corrected chi connectivity index (χ3v) is 4.15. The lowest BCUT2D eigenvalue weighted by molar-refractivity contribution is 0.481. The van der Waals surface area contributed by atoms with Gasteiger partial charge in [0.25, 0.3) is 0 Å². The highest BCUT2D eigenvalue weighted by atomic mass is 35.5. The van der Waals surface area contributed by atoms with Crippen LogP contribution >= 0.6 is 11.6 Å². The van der Waals surface area contributed by atoms with Crippen molar-refractivity contribution in [3.8, 4) is 5.75 Å². The zero-order valence-corrected chi connectivity index (χ0v) is 14.0. The number of nitrogens with zero attached hydrogens (tertiary/aromatic N) is 2. The Morgan fingerprint density at radius 2 is 1.71 bits per heavy atom. The van der Waals surface area contributed by atoms with Gasteiger partial charge in [0, 0.05) is 34.7 Å². The van der Waals surface area contributed by atoms with Gasteiger partial charge in [-0.1, -0.05) is 48.9 Å². The molecule has 0 saturated carbocycles. The summed E-state index contributed by atoms with van der Waals surface area (Å²) in [5.41, 5.74) is 2.47. The van der Waals surface area contributed by atoms with Crippen molar-refractivity contribution < 1.29 is 5.11 Å². The van der Waals surface area contributed by atoms with Crippen LogP contribution in [0.15, 0.2) is 67.1 Å². The first-order chi connectivity index (χ1) is 11.7. The molecule has 0 aliphatic carbocycles. The number of rotatable bonds is 1. The molecule has 24 heavy (non-hydrogen) atoms. The molecule has 3 nitrogen and oxygen atoms in total. The molecule has 0 amide bonds. The zero-order valence-electron chi connectivity index (χ0n) is 13.3. The van der Waals surface area contributed by atoms with Crippen LogP contribution in [0.4, 0.5) is 0 Å². The highest BCUT2D eigenvalue weighted by molar-refractivity contribution is 6.35. The summed E-state index contributed by atoms with van der Waals surface area (Å²) in [5.74, 6) is 0.211. The SMILES string of the molecule is CCc1ccnc2ccccc12.Oc1cccc2c(Cl)cncc12. The minimum Gasteiger partial charge on any atom is -0.507 e. The molecule has 0 atom stereocenters. The number of fused-ring (bicyclic) bond motifs is 2. The summed E-state index contributed by atoms with van der Waals surface area (Å²) < 4.78 is 0. The molecule has 0 aliphatic heterocycles. The van der Waals surface area contributed by atoms with Crippen molar-refractivity contribution in [3.05, 3.63) is 77.7 Å². The van der Waals surface area contributed by atoms with Gasteiger partial charge in [-0.15, -0.1) is 0 Å². The molecule has 1 N–H and O–H groups in total. The van der Waals surface area contributed by atoms with Crippen molar-refractivity contribution in [2.75, 3.05) is 0 Å². The molecule has 4 heteroatoms. The molecule has 120 valence electrons. The van der Waals surface area contributed by atoms with Gasteiger partial charge in [-0.05, 0) is 30.2 Å². The number of halogens is 1. The second-order valence-corrected chi connectivity index (χ2v) is 5.74. The number of phenols is 1. The molecule has 2 heterocycles. The number of hydrogen-bond donors (Lipinski definition) is 1. The monoisotopic (exact) mass is 336 g/mol. The molecular weight excluding hydrogens is 320 g/mol. The van der Waals surface area contributed by atoms with E-state index in [1.807, 2.05) is 18.3 Å². The molecule has 0 spiro atoms. The maximum absolute atomic E-state index is 9.40. The molecular formula is C20H17ClN2O. The maximum Gasteiger partial charge on any atom is 0.125 e. The van der Waals surface area contributed by atoms with Crippen LogP contribution in [0.25, 0.3) is 21.7 Å². The van der Waals surface area contributed by atoms with Gasteiger partial charge in [-0.2, -0.15) is 0 Å². The Bertz CT molecular complexity index is 939. The molecule has 0 radical (unpaired) electrons. The molecule has 0 unspecified atom stereocenters. The van der Waals surface area contributed by atoms with E-state index in [9.17, 15) is 5.11 Å². The molecule has 0 bridgehead atoms. The van der Waals surface area contributed by atoms with Gasteiger partial charge in [0.1, 0.15) is 5.75 Å². The summed E-state index contributed by atoms with van der Waals surface area (Å²) in [7, 11) is 0. The molecule has 0 saturated heterocycles. The van der Waals surface area contributed by atoms with Gasteiger partial charge < -0.3 is 5.11 Å². The van der Waals surface area contributed by atoms with E-state index in [1.54, 1.807) is 24.5 Å². The number of aromatic hydroxyl groups is 1. The fraction of sp³-hybridized carbons (Fsp3) is 0.100. The molecule has 4 aromatic rings. The van der Waals surface area contributed by atoms with Gasteiger partial charge in [0.05, 0.1) is 10.5 Å². The molecule has 2 aromatic heterocycles. The summed E-state index contributed by atoms with van der Waals surface area (Å²) in [6, 6.07) is 15.6. The van der Waals surface area contributed by atoms with Crippen LogP contribution in [0.1, 0.15) is 12.5 Å². The lowest BCUT2D eigenvalue weighted by Gasteiger charge is -2.01. The summed E-state index contributed by atoms with van der Waals surface area (Å²) in [6.45, 7) is 2.17. The Labute approximate surface area is 145 Å². The average Bonchev–Trinajstić information content (AvgIpc) is 2.63. The van der Waals surface area contributed by atoms with Crippen molar-refractivity contribution in [2.24, 2.45) is 0 Å². The number of pyridine rings is 2. The predicted molar refractivity (Wildman–Crippen MR) is 99.5 cm³/mol. The van der Waals surface area contributed by atoms with Crippen molar-refractivity contribution in [3.63, 3.8) is 0 Å². The number of benzene rings is 2. The number of aromatic nitrogens is 2. The van der Waals surface area contributed by atoms with Crippen molar-refractivity contribution in [2.45, 2.75) is 13.3 Å². The van der Waals surface area contributed by atoms with Crippen LogP contribution in [0.5, 0.6) is 5.75 Å². The van der Waals surface area contributed by atoms with Gasteiger partial charge >= 0.3 is 0 Å². The summed E-state index contributed by atoms with van der Waals surface area (Å²) in [6.07, 6.45) is 6.10. The third-order valence-electron chi connectivity index (χ3n) is 3.85. The first kappa shape index (κ1) is 16.2. The summed E-state index contributed by atoms with van der Waals surface area (Å²) in [4.78, 5) is 8.17. The van der Waals surface area contributed by atoms with Crippen LogP contribution < -0.4 is 0 Å². The number of hydrogen-bond acceptors (Lipinski definition) is 3. The Morgan fingerprint density at radius 1 is 0.917 bits per heavy atom. The van der Waals surface area contributed by atoms with Crippen molar-refractivity contribution in [1.82, 2.24) is 9.97 Å². The number of aryl methyl sites for hydroxylation is 1. The quantitative estimate of drug-likeness (QED) is 0.507. The smallest absolute Gasteiger partial charge is 0.125 e. The standard InChI is InChI=1S/C11H11N.C9H6ClNO/c1-2-9-7-8-12-11-6-4-3-5-10(9)11;10-8-5-11-4-7-6(8)2-1-3-9(7)12/h3-8H,2H2,1H3;1-5,12H. The first-order valence-electron chi connectivity index (χ1n) is 7.74. The normalized spacial score (nSPS) is 10.4. The van der Waals surface area contributed by atoms with Crippen LogP contribution in [0, 0.1) is 0 Å². The van der Waals surface area contributed by atoms with E-state index >= 15 is 0 Å². The van der Waals surface area contributed by atoms with Gasteiger partial charge in [0.15, 0.2) is 0 Å². The van der Waals surface area contributed by atoms with Gasteiger partial charge in [-0.25, -0.2) is 0 Å². The van der Waals surface area contributed by atoms with Gasteiger partial charge in [0.2, 0.25) is 0 Å². The van der Waals surface area contributed by atoms with Gasteiger partial charge in [-0.3, -0.25) is 9.97 Å². The van der Waals surface area contributed by atoms with E-state index in [2.05, 4.69) is 41.2 Å². The second-order valence-electron chi connectivity index (χ2n) is 5.33. The van der Waals surface area contributed by atoms with Crippen LogP contribution in [-0.2, 0) is 6.42 Å². The second kappa shape index (κ2) is 7.28. The fourth-order valence-electron chi connectivity index (χ4n) is 2.61. The molecule has 0 fully saturated rings. The summed E-state index contributed by atoms with van der Waals surface area (Å²) in [5, 5.41) is 12.7. The molecule has 4 rings (SSSR count). The van der Waals surface area contributed by atoms with E-state index < -0.39 is 0 Å². The molecule has 2 aromatic carbocycles. The van der Waals surface area contributed by atoms with E-state index in [-0.39, 0.29) is 5.75 Å². The first-order valence-corrected chi connectivity index (χ1v) is 8.12. The topological polar surface area (TPSA) is 46.0 Å². The summed E-state index contributed by atoms with van der Waals surface area (Å²) >= 11 is 5.86. The largest absolute Gasteiger partial charge is 0.507 e. The third kappa shape index (κ3) is 3.31. The van der Waals surface area contributed by atoms with E-state index in [4.69, 9.17) is 11.6 Å². The Kier molecular flexibility index (Phi) is 4.92. The molecule has 0 aliphatic rings. The number of para-hydroxylation sites is 1. The maximum atomic E-state index is 9.40. The highest BCUT2D eigenvalue weighted by Gasteiger charge is 2.01. The van der Waals surface area contributed by atoms with E-state index in [0.717, 1.165) is 17.3 Å². The Balaban J connectivity index is 0.000000141. The predicted octanol–water partition coefficient (Wildman–Crippen LogP) is 5.39. The zero-order chi connectivity index (χ0) is 16.9. The van der Waals surface area contributed by atoms with Crippen LogP contribution in [0.2, 0.25) is 5.02 Å². The lowest BCUT2D eigenvalue weighted by Crippen LogP contribution is -1.84. The van der Waals surface area contributed by atoms with Crippen LogP contribution in [0.3, 0.4) is 0 Å². The van der Waals surface area contributed by atoms with E-state index in [0.29, 0.717) is 10.4 Å². The van der Waals surface area contributed by atoms with Crippen LogP contribution in [-0.4, -0.2) is 15.1 Å². The average molecular weight is 337 g/mol. The van der Waals surface area contributed by atoms with Crippen molar-refractivity contribution in [1.29, 1.82) is 0 Å². The highest BCUT2D eigenvalue weighted by Crippen LogP contribution is 2.28. The minimum atomic E-state index is 0.211. The Hall–Kier alpha value is -2.65. The Morgan fingerprint density at radius 3 is 2.50 bits per heavy atom.